The topological polar surface area (TPSA) is 74.4 Å². The molecule has 0 spiro atoms. The van der Waals surface area contributed by atoms with Gasteiger partial charge in [-0.2, -0.15) is 10.2 Å². The number of ether oxygens (including phenoxy) is 1. The smallest absolute Gasteiger partial charge is 0.161 e. The van der Waals surface area contributed by atoms with Crippen LogP contribution in [0.4, 0.5) is 0 Å². The summed E-state index contributed by atoms with van der Waals surface area (Å²) in [6, 6.07) is 7.17. The maximum atomic E-state index is 9.80. The van der Waals surface area contributed by atoms with Gasteiger partial charge in [-0.05, 0) is 72.9 Å². The predicted octanol–water partition coefficient (Wildman–Crippen LogP) is 3.48. The van der Waals surface area contributed by atoms with E-state index >= 15 is 0 Å². The Morgan fingerprint density at radius 3 is 1.70 bits per heavy atom. The van der Waals surface area contributed by atoms with Gasteiger partial charge in [-0.3, -0.25) is 0 Å². The van der Waals surface area contributed by atoms with Gasteiger partial charge in [0.05, 0.1) is 19.5 Å². The molecule has 120 valence electrons. The number of nitrogens with zero attached hydrogens (tertiary/aromatic N) is 2. The van der Waals surface area contributed by atoms with Gasteiger partial charge in [0.1, 0.15) is 5.75 Å². The van der Waals surface area contributed by atoms with Gasteiger partial charge in [-0.25, -0.2) is 0 Å². The van der Waals surface area contributed by atoms with Crippen molar-refractivity contribution in [2.24, 2.45) is 10.2 Å². The predicted molar refractivity (Wildman–Crippen MR) is 92.2 cm³/mol. The lowest BCUT2D eigenvalue weighted by molar-refractivity contribution is 0.371. The van der Waals surface area contributed by atoms with E-state index in [0.29, 0.717) is 17.1 Å². The van der Waals surface area contributed by atoms with Gasteiger partial charge in [0, 0.05) is 0 Å². The molecule has 2 N–H and O–H groups in total. The van der Waals surface area contributed by atoms with Crippen LogP contribution in [0.2, 0.25) is 0 Å². The lowest BCUT2D eigenvalue weighted by Gasteiger charge is -2.06. The Morgan fingerprint density at radius 2 is 1.22 bits per heavy atom. The third-order valence-corrected chi connectivity index (χ3v) is 3.50. The summed E-state index contributed by atoms with van der Waals surface area (Å²) in [6.07, 6.45) is 3.21. The standard InChI is InChI=1S/C18H20N2O3/c1-11-5-14(6-12(2)17(11)21)9-19-20-10-15-7-13(3)18(22)16(8-15)23-4/h5-10,21-22H,1-4H3. The summed E-state index contributed by atoms with van der Waals surface area (Å²) >= 11 is 0. The van der Waals surface area contributed by atoms with Crippen molar-refractivity contribution in [3.05, 3.63) is 52.1 Å². The molecule has 0 aliphatic rings. The molecule has 0 aliphatic carbocycles. The molecule has 0 heterocycles. The first-order chi connectivity index (χ1) is 10.9. The zero-order chi connectivity index (χ0) is 17.0. The first-order valence-electron chi connectivity index (χ1n) is 7.16. The van der Waals surface area contributed by atoms with Crippen LogP contribution < -0.4 is 4.74 Å². The van der Waals surface area contributed by atoms with E-state index in [1.54, 1.807) is 31.5 Å². The van der Waals surface area contributed by atoms with E-state index < -0.39 is 0 Å². The van der Waals surface area contributed by atoms with Crippen molar-refractivity contribution in [2.45, 2.75) is 20.8 Å². The molecule has 0 aromatic heterocycles. The second-order valence-electron chi connectivity index (χ2n) is 5.38. The number of hydrogen-bond acceptors (Lipinski definition) is 5. The van der Waals surface area contributed by atoms with Crippen LogP contribution in [0.3, 0.4) is 0 Å². The van der Waals surface area contributed by atoms with E-state index in [9.17, 15) is 10.2 Å². The monoisotopic (exact) mass is 312 g/mol. The number of methoxy groups -OCH3 is 1. The van der Waals surface area contributed by atoms with Crippen LogP contribution in [-0.2, 0) is 0 Å². The highest BCUT2D eigenvalue weighted by atomic mass is 16.5. The Bertz CT molecular complexity index is 757. The number of aryl methyl sites for hydroxylation is 3. The fourth-order valence-electron chi connectivity index (χ4n) is 2.27. The average Bonchev–Trinajstić information content (AvgIpc) is 2.52. The second-order valence-corrected chi connectivity index (χ2v) is 5.38. The molecule has 0 atom stereocenters. The fraction of sp³-hybridized carbons (Fsp3) is 0.222. The minimum Gasteiger partial charge on any atom is -0.507 e. The molecule has 0 bridgehead atoms. The molecular formula is C18H20N2O3. The highest BCUT2D eigenvalue weighted by Gasteiger charge is 2.06. The number of benzene rings is 2. The van der Waals surface area contributed by atoms with Gasteiger partial charge in [0.25, 0.3) is 0 Å². The maximum Gasteiger partial charge on any atom is 0.161 e. The summed E-state index contributed by atoms with van der Waals surface area (Å²) < 4.78 is 5.11. The van der Waals surface area contributed by atoms with E-state index in [2.05, 4.69) is 10.2 Å². The number of aromatic hydroxyl groups is 2. The second kappa shape index (κ2) is 6.96. The Balaban J connectivity index is 2.17. The van der Waals surface area contributed by atoms with E-state index in [4.69, 9.17) is 4.74 Å². The molecule has 0 unspecified atom stereocenters. The minimum absolute atomic E-state index is 0.128. The summed E-state index contributed by atoms with van der Waals surface area (Å²) in [5.74, 6) is 0.834. The van der Waals surface area contributed by atoms with Gasteiger partial charge in [-0.1, -0.05) is 0 Å². The van der Waals surface area contributed by atoms with Crippen LogP contribution in [-0.4, -0.2) is 29.8 Å². The molecule has 0 amide bonds. The number of hydrogen-bond donors (Lipinski definition) is 2. The zero-order valence-corrected chi connectivity index (χ0v) is 13.7. The summed E-state index contributed by atoms with van der Waals surface area (Å²) in [4.78, 5) is 0. The SMILES string of the molecule is COc1cc(C=NN=Cc2cc(C)c(O)c(C)c2)cc(C)c1O. The van der Waals surface area contributed by atoms with Crippen LogP contribution in [0.25, 0.3) is 0 Å². The Hall–Kier alpha value is -2.82. The van der Waals surface area contributed by atoms with Crippen LogP contribution in [0, 0.1) is 20.8 Å². The van der Waals surface area contributed by atoms with E-state index in [-0.39, 0.29) is 5.75 Å². The van der Waals surface area contributed by atoms with Crippen molar-refractivity contribution >= 4 is 12.4 Å². The molecule has 23 heavy (non-hydrogen) atoms. The maximum absolute atomic E-state index is 9.80. The van der Waals surface area contributed by atoms with Crippen LogP contribution in [0.15, 0.2) is 34.5 Å². The summed E-state index contributed by atoms with van der Waals surface area (Å²) in [7, 11) is 1.50. The summed E-state index contributed by atoms with van der Waals surface area (Å²) in [5.41, 5.74) is 3.96. The average molecular weight is 312 g/mol. The van der Waals surface area contributed by atoms with Gasteiger partial charge in [-0.15, -0.1) is 0 Å². The number of phenolic OH excluding ortho intramolecular Hbond substituents is 2. The Morgan fingerprint density at radius 1 is 0.783 bits per heavy atom. The van der Waals surface area contributed by atoms with Crippen molar-refractivity contribution in [1.82, 2.24) is 0 Å². The molecule has 2 aromatic carbocycles. The van der Waals surface area contributed by atoms with Crippen molar-refractivity contribution in [3.63, 3.8) is 0 Å². The molecule has 5 heteroatoms. The van der Waals surface area contributed by atoms with E-state index in [1.807, 2.05) is 26.0 Å². The molecule has 0 radical (unpaired) electrons. The van der Waals surface area contributed by atoms with Gasteiger partial charge < -0.3 is 14.9 Å². The van der Waals surface area contributed by atoms with Crippen LogP contribution in [0.1, 0.15) is 27.8 Å². The largest absolute Gasteiger partial charge is 0.507 e. The molecule has 0 saturated heterocycles. The van der Waals surface area contributed by atoms with Crippen molar-refractivity contribution in [3.8, 4) is 17.2 Å². The highest BCUT2D eigenvalue weighted by molar-refractivity contribution is 5.84. The lowest BCUT2D eigenvalue weighted by atomic mass is 10.1. The van der Waals surface area contributed by atoms with Crippen molar-refractivity contribution in [1.29, 1.82) is 0 Å². The molecule has 5 nitrogen and oxygen atoms in total. The first-order valence-corrected chi connectivity index (χ1v) is 7.16. The third kappa shape index (κ3) is 3.88. The molecule has 2 rings (SSSR count). The molecule has 0 saturated carbocycles. The van der Waals surface area contributed by atoms with Gasteiger partial charge >= 0.3 is 0 Å². The van der Waals surface area contributed by atoms with E-state index in [1.165, 1.54) is 7.11 Å². The highest BCUT2D eigenvalue weighted by Crippen LogP contribution is 2.30. The van der Waals surface area contributed by atoms with Gasteiger partial charge in [0.15, 0.2) is 11.5 Å². The van der Waals surface area contributed by atoms with Crippen molar-refractivity contribution < 1.29 is 14.9 Å². The number of rotatable bonds is 4. The normalized spacial score (nSPS) is 11.5. The molecule has 0 aliphatic heterocycles. The van der Waals surface area contributed by atoms with Crippen LogP contribution >= 0.6 is 0 Å². The van der Waals surface area contributed by atoms with Crippen molar-refractivity contribution in [2.75, 3.05) is 7.11 Å². The zero-order valence-electron chi connectivity index (χ0n) is 13.7. The quantitative estimate of drug-likeness (QED) is 0.670. The third-order valence-electron chi connectivity index (χ3n) is 3.50. The van der Waals surface area contributed by atoms with E-state index in [0.717, 1.165) is 22.3 Å². The lowest BCUT2D eigenvalue weighted by Crippen LogP contribution is -1.90. The Labute approximate surface area is 135 Å². The Kier molecular flexibility index (Phi) is 5.01. The molecule has 0 fully saturated rings. The van der Waals surface area contributed by atoms with Gasteiger partial charge in [0.2, 0.25) is 0 Å². The first kappa shape index (κ1) is 16.5. The summed E-state index contributed by atoms with van der Waals surface area (Å²) in [5, 5.41) is 27.6. The number of phenols is 2. The minimum atomic E-state index is 0.128. The molecule has 2 aromatic rings. The fourth-order valence-corrected chi connectivity index (χ4v) is 2.27. The summed E-state index contributed by atoms with van der Waals surface area (Å²) in [6.45, 7) is 5.48. The molecular weight excluding hydrogens is 292 g/mol. The van der Waals surface area contributed by atoms with Crippen LogP contribution in [0.5, 0.6) is 17.2 Å².